The van der Waals surface area contributed by atoms with Gasteiger partial charge >= 0.3 is 0 Å². The maximum Gasteiger partial charge on any atom is 0.230 e. The second-order valence-electron chi connectivity index (χ2n) is 8.30. The molecule has 36 heavy (non-hydrogen) atoms. The summed E-state index contributed by atoms with van der Waals surface area (Å²) in [6, 6.07) is 19.3. The van der Waals surface area contributed by atoms with E-state index >= 15 is 0 Å². The molecule has 0 radical (unpaired) electrons. The Bertz CT molecular complexity index is 1310. The van der Waals surface area contributed by atoms with Gasteiger partial charge in [0.2, 0.25) is 32.3 Å². The number of carbonyl (C=O) groups is 2. The maximum atomic E-state index is 12.3. The number of anilines is 4. The molecule has 12 heteroatoms. The molecule has 2 aromatic heterocycles. The fourth-order valence-corrected chi connectivity index (χ4v) is 5.37. The molecule has 2 amide bonds. The molecule has 1 aliphatic heterocycles. The van der Waals surface area contributed by atoms with Crippen LogP contribution < -0.4 is 20.9 Å². The van der Waals surface area contributed by atoms with Crippen LogP contribution in [0.3, 0.4) is 0 Å². The molecule has 184 valence electrons. The number of carbonyl (C=O) groups excluding carboxylic acids is 2. The first-order chi connectivity index (χ1) is 17.6. The summed E-state index contributed by atoms with van der Waals surface area (Å²) >= 11 is 2.67. The molecule has 0 aliphatic carbocycles. The lowest BCUT2D eigenvalue weighted by Gasteiger charge is -2.14. The molecule has 0 bridgehead atoms. The SMILES string of the molecule is O=C(Cc1ccccc1)Nc1nnc(NC2CCN(c3nnc(NC(=O)Cc4ccccc4)s3)C2)s1. The molecular formula is C24H24N8O2S2. The summed E-state index contributed by atoms with van der Waals surface area (Å²) in [5, 5.41) is 28.0. The molecule has 5 rings (SSSR count). The average molecular weight is 521 g/mol. The Morgan fingerprint density at radius 1 is 0.778 bits per heavy atom. The first kappa shape index (κ1) is 23.8. The largest absolute Gasteiger partial charge is 0.355 e. The van der Waals surface area contributed by atoms with Gasteiger partial charge in [0.1, 0.15) is 0 Å². The van der Waals surface area contributed by atoms with E-state index < -0.39 is 0 Å². The molecule has 3 N–H and O–H groups in total. The zero-order valence-corrected chi connectivity index (χ0v) is 20.9. The molecule has 0 saturated carbocycles. The number of nitrogens with one attached hydrogen (secondary N) is 3. The number of hydrogen-bond acceptors (Lipinski definition) is 10. The van der Waals surface area contributed by atoms with Crippen molar-refractivity contribution >= 4 is 55.0 Å². The van der Waals surface area contributed by atoms with Crippen molar-refractivity contribution in [3.05, 3.63) is 71.8 Å². The third-order valence-electron chi connectivity index (χ3n) is 5.53. The van der Waals surface area contributed by atoms with E-state index in [9.17, 15) is 9.59 Å². The van der Waals surface area contributed by atoms with Crippen LogP contribution >= 0.6 is 22.7 Å². The first-order valence-electron chi connectivity index (χ1n) is 11.5. The fourth-order valence-electron chi connectivity index (χ4n) is 3.84. The molecule has 2 aromatic carbocycles. The van der Waals surface area contributed by atoms with Gasteiger partial charge in [0.15, 0.2) is 0 Å². The lowest BCUT2D eigenvalue weighted by molar-refractivity contribution is -0.116. The van der Waals surface area contributed by atoms with Crippen LogP contribution in [0.4, 0.5) is 20.5 Å². The molecule has 1 aliphatic rings. The molecule has 4 aromatic rings. The molecular weight excluding hydrogens is 496 g/mol. The third kappa shape index (κ3) is 6.40. The van der Waals surface area contributed by atoms with Gasteiger partial charge in [0.25, 0.3) is 0 Å². The minimum absolute atomic E-state index is 0.118. The summed E-state index contributed by atoms with van der Waals surface area (Å²) in [6.07, 6.45) is 1.48. The van der Waals surface area contributed by atoms with Crippen molar-refractivity contribution in [2.24, 2.45) is 0 Å². The highest BCUT2D eigenvalue weighted by molar-refractivity contribution is 7.19. The van der Waals surface area contributed by atoms with Crippen molar-refractivity contribution in [2.45, 2.75) is 25.3 Å². The van der Waals surface area contributed by atoms with Gasteiger partial charge in [0, 0.05) is 19.1 Å². The second kappa shape index (κ2) is 11.2. The summed E-state index contributed by atoms with van der Waals surface area (Å²) in [5.41, 5.74) is 1.89. The van der Waals surface area contributed by atoms with Crippen molar-refractivity contribution in [1.29, 1.82) is 0 Å². The van der Waals surface area contributed by atoms with Crippen LogP contribution in [-0.2, 0) is 22.4 Å². The Morgan fingerprint density at radius 2 is 1.33 bits per heavy atom. The predicted octanol–water partition coefficient (Wildman–Crippen LogP) is 3.44. The second-order valence-corrected chi connectivity index (χ2v) is 10.2. The molecule has 3 heterocycles. The lowest BCUT2D eigenvalue weighted by atomic mass is 10.1. The first-order valence-corrected chi connectivity index (χ1v) is 13.1. The van der Waals surface area contributed by atoms with Crippen LogP contribution in [0.2, 0.25) is 0 Å². The zero-order chi connectivity index (χ0) is 24.7. The van der Waals surface area contributed by atoms with E-state index in [1.165, 1.54) is 22.7 Å². The van der Waals surface area contributed by atoms with Crippen LogP contribution in [0.5, 0.6) is 0 Å². The standard InChI is InChI=1S/C24H24N8O2S2/c33-19(13-16-7-3-1-4-8-16)26-22-29-28-21(35-22)25-18-11-12-32(15-18)24-31-30-23(36-24)27-20(34)14-17-9-5-2-6-10-17/h1-10,18H,11-15H2,(H,25,28)(H,26,29,33)(H,27,30,34). The van der Waals surface area contributed by atoms with Gasteiger partial charge in [-0.2, -0.15) is 0 Å². The van der Waals surface area contributed by atoms with Crippen LogP contribution in [0, 0.1) is 0 Å². The quantitative estimate of drug-likeness (QED) is 0.307. The molecule has 1 saturated heterocycles. The van der Waals surface area contributed by atoms with E-state index in [1.54, 1.807) is 0 Å². The van der Waals surface area contributed by atoms with Gasteiger partial charge in [-0.15, -0.1) is 20.4 Å². The minimum Gasteiger partial charge on any atom is -0.355 e. The number of nitrogens with zero attached hydrogens (tertiary/aromatic N) is 5. The third-order valence-corrected chi connectivity index (χ3v) is 7.20. The summed E-state index contributed by atoms with van der Waals surface area (Å²) in [6.45, 7) is 1.53. The van der Waals surface area contributed by atoms with E-state index in [2.05, 4.69) is 41.2 Å². The van der Waals surface area contributed by atoms with Gasteiger partial charge in [-0.25, -0.2) is 0 Å². The molecule has 1 atom stereocenters. The van der Waals surface area contributed by atoms with E-state index in [0.717, 1.165) is 35.8 Å². The number of benzene rings is 2. The smallest absolute Gasteiger partial charge is 0.230 e. The van der Waals surface area contributed by atoms with Crippen LogP contribution in [-0.4, -0.2) is 51.3 Å². The topological polar surface area (TPSA) is 125 Å². The summed E-state index contributed by atoms with van der Waals surface area (Å²) in [7, 11) is 0. The van der Waals surface area contributed by atoms with E-state index in [-0.39, 0.29) is 24.3 Å². The molecule has 1 unspecified atom stereocenters. The summed E-state index contributed by atoms with van der Waals surface area (Å²) < 4.78 is 0. The lowest BCUT2D eigenvalue weighted by Crippen LogP contribution is -2.25. The van der Waals surface area contributed by atoms with Gasteiger partial charge in [-0.05, 0) is 17.5 Å². The Hall–Kier alpha value is -3.90. The van der Waals surface area contributed by atoms with Crippen molar-refractivity contribution < 1.29 is 9.59 Å². The van der Waals surface area contributed by atoms with Crippen LogP contribution in [0.1, 0.15) is 17.5 Å². The van der Waals surface area contributed by atoms with Crippen LogP contribution in [0.15, 0.2) is 60.7 Å². The average Bonchev–Trinajstić information content (AvgIpc) is 3.62. The van der Waals surface area contributed by atoms with E-state index in [0.29, 0.717) is 21.8 Å². The highest BCUT2D eigenvalue weighted by Gasteiger charge is 2.26. The van der Waals surface area contributed by atoms with Crippen molar-refractivity contribution in [3.8, 4) is 0 Å². The Kier molecular flexibility index (Phi) is 7.43. The molecule has 0 spiro atoms. The predicted molar refractivity (Wildman–Crippen MR) is 142 cm³/mol. The van der Waals surface area contributed by atoms with Crippen molar-refractivity contribution in [2.75, 3.05) is 33.9 Å². The monoisotopic (exact) mass is 520 g/mol. The van der Waals surface area contributed by atoms with Crippen LogP contribution in [0.25, 0.3) is 0 Å². The van der Waals surface area contributed by atoms with Gasteiger partial charge in [-0.1, -0.05) is 83.3 Å². The van der Waals surface area contributed by atoms with E-state index in [1.807, 2.05) is 60.7 Å². The number of rotatable bonds is 9. The van der Waals surface area contributed by atoms with Crippen molar-refractivity contribution in [3.63, 3.8) is 0 Å². The maximum absolute atomic E-state index is 12.3. The number of amides is 2. The number of hydrogen-bond donors (Lipinski definition) is 3. The fraction of sp³-hybridized carbons (Fsp3) is 0.250. The minimum atomic E-state index is -0.126. The van der Waals surface area contributed by atoms with Crippen molar-refractivity contribution in [1.82, 2.24) is 20.4 Å². The van der Waals surface area contributed by atoms with Gasteiger partial charge in [0.05, 0.1) is 12.8 Å². The molecule has 10 nitrogen and oxygen atoms in total. The number of aromatic nitrogens is 4. The molecule has 1 fully saturated rings. The normalized spacial score (nSPS) is 15.0. The Labute approximate surface area is 215 Å². The summed E-state index contributed by atoms with van der Waals surface area (Å²) in [4.78, 5) is 26.7. The zero-order valence-electron chi connectivity index (χ0n) is 19.3. The Balaban J connectivity index is 1.09. The highest BCUT2D eigenvalue weighted by Crippen LogP contribution is 2.29. The summed E-state index contributed by atoms with van der Waals surface area (Å²) in [5.74, 6) is -0.244. The Morgan fingerprint density at radius 3 is 1.97 bits per heavy atom. The van der Waals surface area contributed by atoms with E-state index in [4.69, 9.17) is 0 Å². The van der Waals surface area contributed by atoms with Gasteiger partial charge < -0.3 is 20.9 Å². The van der Waals surface area contributed by atoms with Gasteiger partial charge in [-0.3, -0.25) is 9.59 Å². The highest BCUT2D eigenvalue weighted by atomic mass is 32.1.